The zero-order chi connectivity index (χ0) is 15.8. The van der Waals surface area contributed by atoms with Gasteiger partial charge in [-0.1, -0.05) is 45.0 Å². The number of carbonyl (C=O) groups is 2. The predicted molar refractivity (Wildman–Crippen MR) is 81.6 cm³/mol. The van der Waals surface area contributed by atoms with Crippen molar-refractivity contribution < 1.29 is 14.7 Å². The Kier molecular flexibility index (Phi) is 3.83. The van der Waals surface area contributed by atoms with Crippen LogP contribution in [-0.4, -0.2) is 35.0 Å². The molecule has 0 saturated carbocycles. The molecule has 114 valence electrons. The summed E-state index contributed by atoms with van der Waals surface area (Å²) in [7, 11) is 0. The maximum atomic E-state index is 12.5. The molecule has 1 aromatic rings. The number of rotatable bonds is 3. The predicted octanol–water partition coefficient (Wildman–Crippen LogP) is 3.46. The van der Waals surface area contributed by atoms with Crippen LogP contribution in [0, 0.1) is 10.8 Å². The van der Waals surface area contributed by atoms with Crippen LogP contribution in [0.2, 0.25) is 0 Å². The minimum atomic E-state index is -0.958. The number of hydrogen-bond donors (Lipinski definition) is 1. The molecule has 0 aliphatic carbocycles. The highest BCUT2D eigenvalue weighted by Crippen LogP contribution is 2.33. The summed E-state index contributed by atoms with van der Waals surface area (Å²) >= 11 is 0. The van der Waals surface area contributed by atoms with Gasteiger partial charge in [0, 0.05) is 18.7 Å². The first-order valence-corrected chi connectivity index (χ1v) is 7.22. The first-order valence-electron chi connectivity index (χ1n) is 7.22. The molecule has 21 heavy (non-hydrogen) atoms. The Bertz CT molecular complexity index is 548. The highest BCUT2D eigenvalue weighted by Gasteiger charge is 2.47. The summed E-state index contributed by atoms with van der Waals surface area (Å²) in [6.07, 6.45) is 0.00623. The molecule has 1 saturated heterocycles. The molecule has 0 spiro atoms. The molecule has 1 aliphatic heterocycles. The van der Waals surface area contributed by atoms with Gasteiger partial charge in [-0.05, 0) is 24.3 Å². The average molecular weight is 289 g/mol. The molecule has 2 rings (SSSR count). The fourth-order valence-electron chi connectivity index (χ4n) is 2.81. The van der Waals surface area contributed by atoms with Crippen molar-refractivity contribution in [2.75, 3.05) is 13.1 Å². The number of ketones is 1. The molecule has 0 aromatic heterocycles. The second kappa shape index (κ2) is 5.17. The highest BCUT2D eigenvalue weighted by molar-refractivity contribution is 6.01. The molecule has 4 nitrogen and oxygen atoms in total. The highest BCUT2D eigenvalue weighted by atomic mass is 16.4. The van der Waals surface area contributed by atoms with Crippen molar-refractivity contribution in [3.63, 3.8) is 0 Å². The molecule has 1 heterocycles. The number of amides is 1. The molecule has 1 amide bonds. The normalized spacial score (nSPS) is 17.2. The number of nitrogens with zero attached hydrogens (tertiary/aromatic N) is 1. The summed E-state index contributed by atoms with van der Waals surface area (Å²) in [6.45, 7) is 8.94. The van der Waals surface area contributed by atoms with Crippen LogP contribution in [0.3, 0.4) is 0 Å². The van der Waals surface area contributed by atoms with Gasteiger partial charge in [-0.2, -0.15) is 0 Å². The van der Waals surface area contributed by atoms with E-state index in [0.29, 0.717) is 5.56 Å². The van der Waals surface area contributed by atoms with E-state index in [1.807, 2.05) is 31.2 Å². The lowest BCUT2D eigenvalue weighted by Crippen LogP contribution is -2.60. The zero-order valence-electron chi connectivity index (χ0n) is 13.1. The molecule has 0 atom stereocenters. The van der Waals surface area contributed by atoms with E-state index in [1.165, 1.54) is 10.5 Å². The fourth-order valence-corrected chi connectivity index (χ4v) is 2.81. The van der Waals surface area contributed by atoms with E-state index in [-0.39, 0.29) is 24.3 Å². The summed E-state index contributed by atoms with van der Waals surface area (Å²) in [5, 5.41) is 8.88. The standard InChI is InChI=1S/C17H23NO3/c1-16(2,3)9-12-5-7-13(8-6-12)14(19)17(4)10-18(11-17)15(20)21/h5-8H,9-11H2,1-4H3,(H,20,21). The Balaban J connectivity index is 2.06. The van der Waals surface area contributed by atoms with Crippen LogP contribution in [0.4, 0.5) is 4.79 Å². The number of hydrogen-bond acceptors (Lipinski definition) is 2. The smallest absolute Gasteiger partial charge is 0.407 e. The Morgan fingerprint density at radius 2 is 1.71 bits per heavy atom. The molecular formula is C17H23NO3. The quantitative estimate of drug-likeness (QED) is 0.867. The van der Waals surface area contributed by atoms with Gasteiger partial charge >= 0.3 is 6.09 Å². The van der Waals surface area contributed by atoms with E-state index in [0.717, 1.165) is 6.42 Å². The summed E-state index contributed by atoms with van der Waals surface area (Å²) in [5.74, 6) is 0.0299. The van der Waals surface area contributed by atoms with Gasteiger partial charge in [0.05, 0.1) is 5.41 Å². The van der Waals surface area contributed by atoms with Crippen LogP contribution in [0.25, 0.3) is 0 Å². The van der Waals surface area contributed by atoms with Gasteiger partial charge in [0.2, 0.25) is 0 Å². The van der Waals surface area contributed by atoms with E-state index in [4.69, 9.17) is 5.11 Å². The van der Waals surface area contributed by atoms with Gasteiger partial charge in [0.15, 0.2) is 5.78 Å². The number of benzene rings is 1. The van der Waals surface area contributed by atoms with Gasteiger partial charge in [-0.15, -0.1) is 0 Å². The van der Waals surface area contributed by atoms with Crippen LogP contribution in [0.1, 0.15) is 43.6 Å². The lowest BCUT2D eigenvalue weighted by atomic mass is 9.75. The fraction of sp³-hybridized carbons (Fsp3) is 0.529. The first kappa shape index (κ1) is 15.5. The molecule has 1 N–H and O–H groups in total. The SMILES string of the molecule is CC(C)(C)Cc1ccc(C(=O)C2(C)CN(C(=O)O)C2)cc1. The summed E-state index contributed by atoms with van der Waals surface area (Å²) < 4.78 is 0. The lowest BCUT2D eigenvalue weighted by Gasteiger charge is -2.45. The van der Waals surface area contributed by atoms with Crippen molar-refractivity contribution >= 4 is 11.9 Å². The molecule has 4 heteroatoms. The lowest BCUT2D eigenvalue weighted by molar-refractivity contribution is 0.0237. The van der Waals surface area contributed by atoms with Gasteiger partial charge in [0.25, 0.3) is 0 Å². The van der Waals surface area contributed by atoms with Crippen LogP contribution in [-0.2, 0) is 6.42 Å². The zero-order valence-corrected chi connectivity index (χ0v) is 13.1. The number of likely N-dealkylation sites (tertiary alicyclic amines) is 1. The van der Waals surface area contributed by atoms with Crippen LogP contribution in [0.5, 0.6) is 0 Å². The first-order chi connectivity index (χ1) is 9.61. The molecule has 0 bridgehead atoms. The van der Waals surface area contributed by atoms with Gasteiger partial charge in [-0.3, -0.25) is 4.79 Å². The second-order valence-corrected chi connectivity index (χ2v) is 7.46. The molecule has 0 radical (unpaired) electrons. The molecule has 0 unspecified atom stereocenters. The molecular weight excluding hydrogens is 266 g/mol. The summed E-state index contributed by atoms with van der Waals surface area (Å²) in [4.78, 5) is 24.6. The van der Waals surface area contributed by atoms with E-state index in [2.05, 4.69) is 20.8 Å². The van der Waals surface area contributed by atoms with E-state index in [9.17, 15) is 9.59 Å². The second-order valence-electron chi connectivity index (χ2n) is 7.46. The number of Topliss-reactive ketones (excluding diaryl/α,β-unsaturated/α-hetero) is 1. The van der Waals surface area contributed by atoms with Crippen molar-refractivity contribution in [1.29, 1.82) is 0 Å². The van der Waals surface area contributed by atoms with Gasteiger partial charge in [0.1, 0.15) is 0 Å². The Morgan fingerprint density at radius 3 is 2.14 bits per heavy atom. The monoisotopic (exact) mass is 289 g/mol. The maximum absolute atomic E-state index is 12.5. The largest absolute Gasteiger partial charge is 0.465 e. The van der Waals surface area contributed by atoms with E-state index < -0.39 is 11.5 Å². The number of carbonyl (C=O) groups excluding carboxylic acids is 1. The van der Waals surface area contributed by atoms with E-state index in [1.54, 1.807) is 0 Å². The van der Waals surface area contributed by atoms with Gasteiger partial charge < -0.3 is 10.0 Å². The molecule has 1 fully saturated rings. The third kappa shape index (κ3) is 3.43. The molecule has 1 aliphatic rings. The number of carboxylic acid groups (broad SMARTS) is 1. The minimum Gasteiger partial charge on any atom is -0.465 e. The Hall–Kier alpha value is -1.84. The van der Waals surface area contributed by atoms with Crippen LogP contribution in [0.15, 0.2) is 24.3 Å². The third-order valence-corrected chi connectivity index (χ3v) is 3.85. The third-order valence-electron chi connectivity index (χ3n) is 3.85. The maximum Gasteiger partial charge on any atom is 0.407 e. The van der Waals surface area contributed by atoms with Gasteiger partial charge in [-0.25, -0.2) is 4.79 Å². The van der Waals surface area contributed by atoms with Crippen molar-refractivity contribution in [3.8, 4) is 0 Å². The average Bonchev–Trinajstić information content (AvgIpc) is 2.33. The van der Waals surface area contributed by atoms with Crippen molar-refractivity contribution in [2.45, 2.75) is 34.1 Å². The molecule has 1 aromatic carbocycles. The topological polar surface area (TPSA) is 57.6 Å². The summed E-state index contributed by atoms with van der Waals surface area (Å²) in [6, 6.07) is 7.71. The van der Waals surface area contributed by atoms with E-state index >= 15 is 0 Å². The summed E-state index contributed by atoms with van der Waals surface area (Å²) in [5.41, 5.74) is 1.52. The van der Waals surface area contributed by atoms with Crippen molar-refractivity contribution in [2.24, 2.45) is 10.8 Å². The van der Waals surface area contributed by atoms with Crippen molar-refractivity contribution in [1.82, 2.24) is 4.90 Å². The minimum absolute atomic E-state index is 0.0299. The Morgan fingerprint density at radius 1 is 1.19 bits per heavy atom. The van der Waals surface area contributed by atoms with Crippen LogP contribution >= 0.6 is 0 Å². The Labute approximate surface area is 125 Å². The van der Waals surface area contributed by atoms with Crippen molar-refractivity contribution in [3.05, 3.63) is 35.4 Å². The van der Waals surface area contributed by atoms with Crippen LogP contribution < -0.4 is 0 Å².